The van der Waals surface area contributed by atoms with Gasteiger partial charge in [0.05, 0.1) is 11.7 Å². The molecule has 2 N–H and O–H groups in total. The second kappa shape index (κ2) is 3.95. The fourth-order valence-electron chi connectivity index (χ4n) is 1.98. The van der Waals surface area contributed by atoms with Gasteiger partial charge in [-0.3, -0.25) is 5.26 Å². The van der Waals surface area contributed by atoms with E-state index in [-0.39, 0.29) is 12.0 Å². The summed E-state index contributed by atoms with van der Waals surface area (Å²) in [5.74, 6) is 0.557. The van der Waals surface area contributed by atoms with Crippen LogP contribution < -0.4 is 0 Å². The standard InChI is InChI=1S/C10H20O3/c1-7(2)10(11)5-4-8(3)9(6-10)13-12/h7-9,11-12H,4-6H2,1-3H3. The average molecular weight is 188 g/mol. The summed E-state index contributed by atoms with van der Waals surface area (Å²) in [4.78, 5) is 4.39. The van der Waals surface area contributed by atoms with Crippen LogP contribution in [0.3, 0.4) is 0 Å². The summed E-state index contributed by atoms with van der Waals surface area (Å²) in [5.41, 5.74) is -0.653. The summed E-state index contributed by atoms with van der Waals surface area (Å²) >= 11 is 0. The van der Waals surface area contributed by atoms with E-state index in [0.717, 1.165) is 12.8 Å². The van der Waals surface area contributed by atoms with Gasteiger partial charge in [-0.2, -0.15) is 0 Å². The van der Waals surface area contributed by atoms with Crippen molar-refractivity contribution >= 4 is 0 Å². The molecule has 0 heterocycles. The van der Waals surface area contributed by atoms with Crippen LogP contribution in [0.4, 0.5) is 0 Å². The highest BCUT2D eigenvalue weighted by Crippen LogP contribution is 2.37. The highest BCUT2D eigenvalue weighted by atomic mass is 17.1. The molecule has 1 saturated carbocycles. The lowest BCUT2D eigenvalue weighted by atomic mass is 9.72. The monoisotopic (exact) mass is 188 g/mol. The number of hydrogen-bond acceptors (Lipinski definition) is 3. The third-order valence-corrected chi connectivity index (χ3v) is 3.43. The van der Waals surface area contributed by atoms with E-state index in [1.165, 1.54) is 0 Å². The minimum absolute atomic E-state index is 0.207. The van der Waals surface area contributed by atoms with Gasteiger partial charge < -0.3 is 5.11 Å². The lowest BCUT2D eigenvalue weighted by Crippen LogP contribution is -2.45. The Morgan fingerprint density at radius 3 is 2.54 bits per heavy atom. The average Bonchev–Trinajstić information content (AvgIpc) is 2.09. The summed E-state index contributed by atoms with van der Waals surface area (Å²) in [6, 6.07) is 0. The molecule has 0 radical (unpaired) electrons. The Hall–Kier alpha value is -0.120. The van der Waals surface area contributed by atoms with E-state index >= 15 is 0 Å². The zero-order valence-corrected chi connectivity index (χ0v) is 8.66. The number of hydrogen-bond donors (Lipinski definition) is 2. The minimum Gasteiger partial charge on any atom is -0.390 e. The van der Waals surface area contributed by atoms with Gasteiger partial charge in [0.1, 0.15) is 0 Å². The molecule has 1 aliphatic rings. The molecule has 3 heteroatoms. The Labute approximate surface area is 79.6 Å². The fraction of sp³-hybridized carbons (Fsp3) is 1.00. The van der Waals surface area contributed by atoms with Crippen molar-refractivity contribution in [2.24, 2.45) is 11.8 Å². The molecule has 1 aliphatic carbocycles. The van der Waals surface area contributed by atoms with Gasteiger partial charge in [0.2, 0.25) is 0 Å². The molecule has 0 amide bonds. The van der Waals surface area contributed by atoms with Crippen LogP contribution >= 0.6 is 0 Å². The van der Waals surface area contributed by atoms with E-state index < -0.39 is 5.60 Å². The highest BCUT2D eigenvalue weighted by Gasteiger charge is 2.40. The molecule has 3 unspecified atom stereocenters. The Kier molecular flexibility index (Phi) is 3.33. The van der Waals surface area contributed by atoms with Crippen molar-refractivity contribution in [2.75, 3.05) is 0 Å². The summed E-state index contributed by atoms with van der Waals surface area (Å²) in [7, 11) is 0. The van der Waals surface area contributed by atoms with Gasteiger partial charge in [-0.1, -0.05) is 20.8 Å². The molecule has 0 bridgehead atoms. The predicted octanol–water partition coefficient (Wildman–Crippen LogP) is 2.05. The highest BCUT2D eigenvalue weighted by molar-refractivity contribution is 4.91. The molecular weight excluding hydrogens is 168 g/mol. The topological polar surface area (TPSA) is 49.7 Å². The summed E-state index contributed by atoms with van der Waals surface area (Å²) in [5, 5.41) is 18.8. The summed E-state index contributed by atoms with van der Waals surface area (Å²) in [6.45, 7) is 6.05. The van der Waals surface area contributed by atoms with E-state index in [9.17, 15) is 5.11 Å². The van der Waals surface area contributed by atoms with E-state index in [1.807, 2.05) is 20.8 Å². The molecule has 0 aliphatic heterocycles. The van der Waals surface area contributed by atoms with Gasteiger partial charge in [0, 0.05) is 6.42 Å². The Balaban J connectivity index is 2.63. The van der Waals surface area contributed by atoms with Crippen LogP contribution in [0.15, 0.2) is 0 Å². The lowest BCUT2D eigenvalue weighted by Gasteiger charge is -2.41. The molecule has 0 aromatic carbocycles. The van der Waals surface area contributed by atoms with Crippen LogP contribution in [0.25, 0.3) is 0 Å². The quantitative estimate of drug-likeness (QED) is 0.515. The first kappa shape index (κ1) is 11.0. The van der Waals surface area contributed by atoms with Crippen LogP contribution in [0, 0.1) is 11.8 Å². The number of aliphatic hydroxyl groups is 1. The maximum atomic E-state index is 10.2. The van der Waals surface area contributed by atoms with Crippen molar-refractivity contribution in [1.29, 1.82) is 0 Å². The Bertz CT molecular complexity index is 170. The molecule has 3 atom stereocenters. The first-order valence-electron chi connectivity index (χ1n) is 5.02. The summed E-state index contributed by atoms with van der Waals surface area (Å²) in [6.07, 6.45) is 2.06. The van der Waals surface area contributed by atoms with Crippen LogP contribution in [0.1, 0.15) is 40.0 Å². The van der Waals surface area contributed by atoms with E-state index in [1.54, 1.807) is 0 Å². The number of rotatable bonds is 2. The van der Waals surface area contributed by atoms with Crippen LogP contribution in [-0.2, 0) is 4.89 Å². The molecule has 0 saturated heterocycles. The molecule has 0 aromatic rings. The van der Waals surface area contributed by atoms with Crippen LogP contribution in [0.2, 0.25) is 0 Å². The second-order valence-electron chi connectivity index (χ2n) is 4.62. The molecule has 0 aromatic heterocycles. The lowest BCUT2D eigenvalue weighted by molar-refractivity contribution is -0.306. The SMILES string of the molecule is CC1CCC(O)(C(C)C)CC1OO. The smallest absolute Gasteiger partial charge is 0.0980 e. The maximum Gasteiger partial charge on any atom is 0.0980 e. The van der Waals surface area contributed by atoms with E-state index in [0.29, 0.717) is 12.3 Å². The Morgan fingerprint density at radius 1 is 1.46 bits per heavy atom. The molecule has 78 valence electrons. The van der Waals surface area contributed by atoms with Crippen LogP contribution in [-0.4, -0.2) is 22.1 Å². The van der Waals surface area contributed by atoms with Crippen molar-refractivity contribution < 1.29 is 15.3 Å². The van der Waals surface area contributed by atoms with Crippen molar-refractivity contribution in [3.05, 3.63) is 0 Å². The van der Waals surface area contributed by atoms with Gasteiger partial charge in [-0.15, -0.1) is 0 Å². The van der Waals surface area contributed by atoms with Crippen LogP contribution in [0.5, 0.6) is 0 Å². The molecule has 1 fully saturated rings. The molecule has 0 spiro atoms. The largest absolute Gasteiger partial charge is 0.390 e. The zero-order chi connectivity index (χ0) is 10.1. The van der Waals surface area contributed by atoms with E-state index in [4.69, 9.17) is 5.26 Å². The first-order chi connectivity index (χ1) is 5.99. The third-order valence-electron chi connectivity index (χ3n) is 3.43. The molecule has 3 nitrogen and oxygen atoms in total. The maximum absolute atomic E-state index is 10.2. The first-order valence-corrected chi connectivity index (χ1v) is 5.02. The fourth-order valence-corrected chi connectivity index (χ4v) is 1.98. The molecule has 1 rings (SSSR count). The van der Waals surface area contributed by atoms with Gasteiger partial charge in [0.25, 0.3) is 0 Å². The van der Waals surface area contributed by atoms with Gasteiger partial charge in [-0.05, 0) is 24.7 Å². The van der Waals surface area contributed by atoms with Crippen molar-refractivity contribution in [3.63, 3.8) is 0 Å². The normalized spacial score (nSPS) is 41.1. The summed E-state index contributed by atoms with van der Waals surface area (Å²) < 4.78 is 0. The molecular formula is C10H20O3. The Morgan fingerprint density at radius 2 is 2.08 bits per heavy atom. The van der Waals surface area contributed by atoms with Crippen molar-refractivity contribution in [3.8, 4) is 0 Å². The van der Waals surface area contributed by atoms with Gasteiger partial charge >= 0.3 is 0 Å². The van der Waals surface area contributed by atoms with Crippen molar-refractivity contribution in [2.45, 2.75) is 51.7 Å². The minimum atomic E-state index is -0.653. The molecule has 13 heavy (non-hydrogen) atoms. The van der Waals surface area contributed by atoms with Crippen molar-refractivity contribution in [1.82, 2.24) is 0 Å². The second-order valence-corrected chi connectivity index (χ2v) is 4.62. The zero-order valence-electron chi connectivity index (χ0n) is 8.66. The predicted molar refractivity (Wildman–Crippen MR) is 50.3 cm³/mol. The van der Waals surface area contributed by atoms with Gasteiger partial charge in [0.15, 0.2) is 0 Å². The third kappa shape index (κ3) is 2.22. The van der Waals surface area contributed by atoms with Gasteiger partial charge in [-0.25, -0.2) is 4.89 Å². The van der Waals surface area contributed by atoms with E-state index in [2.05, 4.69) is 4.89 Å².